The molecule has 0 spiro atoms. The highest BCUT2D eigenvalue weighted by atomic mass is 16.5. The Hall–Kier alpha value is -3.34. The van der Waals surface area contributed by atoms with Crippen LogP contribution in [0.3, 0.4) is 0 Å². The summed E-state index contributed by atoms with van der Waals surface area (Å²) in [4.78, 5) is 13.7. The monoisotopic (exact) mass is 445 g/mol. The number of rotatable bonds is 5. The summed E-state index contributed by atoms with van der Waals surface area (Å²) >= 11 is 0. The molecule has 1 saturated heterocycles. The molecule has 3 aromatic rings. The average Bonchev–Trinajstić information content (AvgIpc) is 2.83. The van der Waals surface area contributed by atoms with E-state index in [4.69, 9.17) is 9.47 Å². The Morgan fingerprint density at radius 3 is 2.52 bits per heavy atom. The third kappa shape index (κ3) is 5.19. The third-order valence-corrected chi connectivity index (χ3v) is 6.09. The quantitative estimate of drug-likeness (QED) is 0.600. The summed E-state index contributed by atoms with van der Waals surface area (Å²) in [6, 6.07) is 11.7. The molecule has 4 rings (SSSR count). The van der Waals surface area contributed by atoms with Gasteiger partial charge >= 0.3 is 0 Å². The van der Waals surface area contributed by atoms with Crippen molar-refractivity contribution in [1.29, 1.82) is 0 Å². The fourth-order valence-corrected chi connectivity index (χ4v) is 3.95. The molecule has 7 heteroatoms. The summed E-state index contributed by atoms with van der Waals surface area (Å²) < 4.78 is 11.0. The van der Waals surface area contributed by atoms with Crippen molar-refractivity contribution in [2.45, 2.75) is 19.4 Å². The van der Waals surface area contributed by atoms with Crippen molar-refractivity contribution in [3.8, 4) is 23.3 Å². The van der Waals surface area contributed by atoms with Crippen LogP contribution in [0.2, 0.25) is 0 Å². The molecule has 0 unspecified atom stereocenters. The van der Waals surface area contributed by atoms with Crippen LogP contribution >= 0.6 is 0 Å². The first-order valence-corrected chi connectivity index (χ1v) is 11.1. The second kappa shape index (κ2) is 9.65. The lowest BCUT2D eigenvalue weighted by Crippen LogP contribution is -2.53. The average molecular weight is 446 g/mol. The minimum atomic E-state index is -0.240. The van der Waals surface area contributed by atoms with Crippen LogP contribution in [0.25, 0.3) is 10.9 Å². The third-order valence-electron chi connectivity index (χ3n) is 6.09. The number of likely N-dealkylation sites (N-methyl/N-ethyl adjacent to an activating group) is 1. The maximum Gasteiger partial charge on any atom is 0.141 e. The van der Waals surface area contributed by atoms with E-state index in [0.29, 0.717) is 11.6 Å². The Labute approximate surface area is 195 Å². The number of nitrogens with one attached hydrogen (secondary N) is 1. The summed E-state index contributed by atoms with van der Waals surface area (Å²) in [7, 11) is 5.48. The number of fused-ring (bicyclic) bond motifs is 1. The molecule has 0 saturated carbocycles. The van der Waals surface area contributed by atoms with E-state index in [1.807, 2.05) is 36.4 Å². The fraction of sp³-hybridized carbons (Fsp3) is 0.385. The van der Waals surface area contributed by atoms with Gasteiger partial charge in [0.05, 0.1) is 30.8 Å². The predicted octanol–water partition coefficient (Wildman–Crippen LogP) is 3.77. The standard InChI is InChI=1S/C26H31N5O2/c1-26(2,31-13-11-30(3)12-14-31)10-9-19-15-22-23(17-24(19)33-5)27-18-28-25(22)29-20-7-6-8-21(16-20)32-4/h6-8,15-18H,11-14H2,1-5H3,(H,27,28,29). The molecule has 2 aromatic carbocycles. The van der Waals surface area contributed by atoms with Crippen molar-refractivity contribution in [2.75, 3.05) is 52.8 Å². The maximum atomic E-state index is 5.65. The van der Waals surface area contributed by atoms with Gasteiger partial charge in [-0.05, 0) is 39.1 Å². The SMILES string of the molecule is COc1cccc(Nc2ncnc3cc(OC)c(C#CC(C)(C)N4CCN(C)CC4)cc23)c1. The van der Waals surface area contributed by atoms with Gasteiger partial charge in [0.25, 0.3) is 0 Å². The Morgan fingerprint density at radius 2 is 1.79 bits per heavy atom. The zero-order valence-electron chi connectivity index (χ0n) is 20.0. The first-order valence-electron chi connectivity index (χ1n) is 11.1. The highest BCUT2D eigenvalue weighted by Crippen LogP contribution is 2.30. The second-order valence-electron chi connectivity index (χ2n) is 8.75. The van der Waals surface area contributed by atoms with Gasteiger partial charge < -0.3 is 19.7 Å². The molecule has 7 nitrogen and oxygen atoms in total. The maximum absolute atomic E-state index is 5.65. The van der Waals surface area contributed by atoms with Crippen LogP contribution in [-0.2, 0) is 0 Å². The number of hydrogen-bond donors (Lipinski definition) is 1. The Balaban J connectivity index is 1.69. The van der Waals surface area contributed by atoms with Gasteiger partial charge in [-0.3, -0.25) is 4.90 Å². The Kier molecular flexibility index (Phi) is 6.68. The molecule has 0 radical (unpaired) electrons. The topological polar surface area (TPSA) is 62.8 Å². The van der Waals surface area contributed by atoms with E-state index in [2.05, 4.69) is 57.8 Å². The molecular weight excluding hydrogens is 414 g/mol. The molecule has 1 fully saturated rings. The summed E-state index contributed by atoms with van der Waals surface area (Å²) in [5.74, 6) is 9.05. The molecule has 0 aliphatic carbocycles. The molecule has 1 aliphatic rings. The predicted molar refractivity (Wildman–Crippen MR) is 132 cm³/mol. The molecule has 172 valence electrons. The Bertz CT molecular complexity index is 1190. The highest BCUT2D eigenvalue weighted by Gasteiger charge is 2.27. The lowest BCUT2D eigenvalue weighted by Gasteiger charge is -2.40. The zero-order valence-corrected chi connectivity index (χ0v) is 20.0. The van der Waals surface area contributed by atoms with E-state index in [0.717, 1.165) is 54.1 Å². The Morgan fingerprint density at radius 1 is 1.00 bits per heavy atom. The van der Waals surface area contributed by atoms with Crippen molar-refractivity contribution >= 4 is 22.4 Å². The highest BCUT2D eigenvalue weighted by molar-refractivity contribution is 5.93. The van der Waals surface area contributed by atoms with Gasteiger partial charge in [-0.25, -0.2) is 9.97 Å². The van der Waals surface area contributed by atoms with Crippen molar-refractivity contribution < 1.29 is 9.47 Å². The number of anilines is 2. The van der Waals surface area contributed by atoms with Crippen molar-refractivity contribution in [2.24, 2.45) is 0 Å². The van der Waals surface area contributed by atoms with E-state index < -0.39 is 0 Å². The number of methoxy groups -OCH3 is 2. The molecule has 0 bridgehead atoms. The summed E-state index contributed by atoms with van der Waals surface area (Å²) in [5.41, 5.74) is 2.25. The summed E-state index contributed by atoms with van der Waals surface area (Å²) in [5, 5.41) is 4.26. The van der Waals surface area contributed by atoms with E-state index in [-0.39, 0.29) is 5.54 Å². The molecule has 1 N–H and O–H groups in total. The van der Waals surface area contributed by atoms with Crippen molar-refractivity contribution in [3.63, 3.8) is 0 Å². The van der Waals surface area contributed by atoms with Crippen LogP contribution in [0.4, 0.5) is 11.5 Å². The van der Waals surface area contributed by atoms with Gasteiger partial charge in [0.15, 0.2) is 0 Å². The number of aromatic nitrogens is 2. The molecule has 1 aliphatic heterocycles. The van der Waals surface area contributed by atoms with Crippen LogP contribution in [0.15, 0.2) is 42.7 Å². The smallest absolute Gasteiger partial charge is 0.141 e. The van der Waals surface area contributed by atoms with Crippen LogP contribution in [-0.4, -0.2) is 72.8 Å². The van der Waals surface area contributed by atoms with Crippen LogP contribution < -0.4 is 14.8 Å². The minimum Gasteiger partial charge on any atom is -0.497 e. The van der Waals surface area contributed by atoms with Gasteiger partial charge in [-0.15, -0.1) is 0 Å². The molecule has 33 heavy (non-hydrogen) atoms. The van der Waals surface area contributed by atoms with E-state index in [9.17, 15) is 0 Å². The molecule has 0 amide bonds. The molecular formula is C26H31N5O2. The van der Waals surface area contributed by atoms with Gasteiger partial charge in [0, 0.05) is 49.4 Å². The first-order chi connectivity index (χ1) is 15.9. The van der Waals surface area contributed by atoms with Crippen LogP contribution in [0.1, 0.15) is 19.4 Å². The van der Waals surface area contributed by atoms with E-state index in [1.165, 1.54) is 0 Å². The van der Waals surface area contributed by atoms with Crippen LogP contribution in [0, 0.1) is 11.8 Å². The fourth-order valence-electron chi connectivity index (χ4n) is 3.95. The van der Waals surface area contributed by atoms with Gasteiger partial charge in [-0.1, -0.05) is 17.9 Å². The molecule has 2 heterocycles. The van der Waals surface area contributed by atoms with Gasteiger partial charge in [0.1, 0.15) is 23.6 Å². The summed E-state index contributed by atoms with van der Waals surface area (Å²) in [6.45, 7) is 8.49. The zero-order chi connectivity index (χ0) is 23.4. The van der Waals surface area contributed by atoms with Crippen molar-refractivity contribution in [3.05, 3.63) is 48.3 Å². The minimum absolute atomic E-state index is 0.240. The van der Waals surface area contributed by atoms with Gasteiger partial charge in [0.2, 0.25) is 0 Å². The normalized spacial score (nSPS) is 15.1. The van der Waals surface area contributed by atoms with Crippen LogP contribution in [0.5, 0.6) is 11.5 Å². The lowest BCUT2D eigenvalue weighted by molar-refractivity contribution is 0.0946. The van der Waals surface area contributed by atoms with Gasteiger partial charge in [-0.2, -0.15) is 0 Å². The van der Waals surface area contributed by atoms with E-state index >= 15 is 0 Å². The largest absolute Gasteiger partial charge is 0.497 e. The number of piperazine rings is 1. The molecule has 1 aromatic heterocycles. The number of nitrogens with zero attached hydrogens (tertiary/aromatic N) is 4. The van der Waals surface area contributed by atoms with Crippen molar-refractivity contribution in [1.82, 2.24) is 19.8 Å². The number of hydrogen-bond acceptors (Lipinski definition) is 7. The second-order valence-corrected chi connectivity index (χ2v) is 8.75. The molecule has 0 atom stereocenters. The number of ether oxygens (including phenoxy) is 2. The first kappa shape index (κ1) is 22.8. The number of benzene rings is 2. The lowest BCUT2D eigenvalue weighted by atomic mass is 10.0. The van der Waals surface area contributed by atoms with E-state index in [1.54, 1.807) is 20.5 Å². The summed E-state index contributed by atoms with van der Waals surface area (Å²) in [6.07, 6.45) is 1.55.